The maximum Gasteiger partial charge on any atom is 0.128 e. The van der Waals surface area contributed by atoms with E-state index in [1.54, 1.807) is 0 Å². The Bertz CT molecular complexity index is 656. The van der Waals surface area contributed by atoms with E-state index in [1.165, 1.54) is 44.9 Å². The van der Waals surface area contributed by atoms with Crippen molar-refractivity contribution < 1.29 is 14.2 Å². The van der Waals surface area contributed by atoms with Crippen molar-refractivity contribution in [2.24, 2.45) is 0 Å². The van der Waals surface area contributed by atoms with E-state index in [9.17, 15) is 0 Å². The van der Waals surface area contributed by atoms with Gasteiger partial charge in [0.15, 0.2) is 0 Å². The summed E-state index contributed by atoms with van der Waals surface area (Å²) in [6.45, 7) is 7.98. The van der Waals surface area contributed by atoms with Gasteiger partial charge in [0, 0.05) is 37.6 Å². The molecule has 0 bridgehead atoms. The second-order valence-electron chi connectivity index (χ2n) is 8.86. The Morgan fingerprint density at radius 1 is 0.588 bits per heavy atom. The molecule has 0 unspecified atom stereocenters. The third-order valence-corrected chi connectivity index (χ3v) is 5.92. The van der Waals surface area contributed by atoms with Crippen LogP contribution in [0.25, 0.3) is 11.1 Å². The van der Waals surface area contributed by atoms with Crippen LogP contribution in [0.4, 0.5) is 0 Å². The molecular weight excluding hydrogens is 424 g/mol. The van der Waals surface area contributed by atoms with Gasteiger partial charge < -0.3 is 14.2 Å². The molecule has 190 valence electrons. The second kappa shape index (κ2) is 19.3. The van der Waals surface area contributed by atoms with Crippen molar-refractivity contribution >= 4 is 0 Å². The Labute approximate surface area is 207 Å². The van der Waals surface area contributed by atoms with Crippen LogP contribution < -0.4 is 4.74 Å². The number of rotatable bonds is 21. The van der Waals surface area contributed by atoms with Crippen molar-refractivity contribution in [1.29, 1.82) is 0 Å². The van der Waals surface area contributed by atoms with Crippen LogP contribution in [0.3, 0.4) is 0 Å². The third kappa shape index (κ3) is 13.0. The van der Waals surface area contributed by atoms with Crippen molar-refractivity contribution in [3.05, 3.63) is 42.5 Å². The Hall–Kier alpha value is -1.98. The zero-order valence-electron chi connectivity index (χ0n) is 21.6. The van der Waals surface area contributed by atoms with Crippen LogP contribution in [0.15, 0.2) is 36.7 Å². The van der Waals surface area contributed by atoms with Gasteiger partial charge in [-0.25, -0.2) is 9.97 Å². The van der Waals surface area contributed by atoms with Crippen LogP contribution in [0.5, 0.6) is 5.75 Å². The van der Waals surface area contributed by atoms with E-state index in [-0.39, 0.29) is 0 Å². The molecule has 0 spiro atoms. The summed E-state index contributed by atoms with van der Waals surface area (Å²) in [5.41, 5.74) is 2.16. The zero-order chi connectivity index (χ0) is 24.1. The Kier molecular flexibility index (Phi) is 16.1. The molecule has 0 amide bonds. The lowest BCUT2D eigenvalue weighted by molar-refractivity contribution is 0.0513. The summed E-state index contributed by atoms with van der Waals surface area (Å²) in [6.07, 6.45) is 18.6. The first kappa shape index (κ1) is 28.3. The molecule has 34 heavy (non-hydrogen) atoms. The van der Waals surface area contributed by atoms with Crippen molar-refractivity contribution in [2.75, 3.05) is 33.0 Å². The molecule has 0 N–H and O–H groups in total. The molecule has 0 aliphatic heterocycles. The Morgan fingerprint density at radius 3 is 1.91 bits per heavy atom. The molecule has 2 rings (SSSR count). The SMILES string of the molecule is CCCCCCCCCCOc1ccc(-c2cnc(CCCCCOCCOCC)nc2)cc1. The Balaban J connectivity index is 1.57. The molecule has 0 aliphatic carbocycles. The smallest absolute Gasteiger partial charge is 0.128 e. The van der Waals surface area contributed by atoms with Crippen molar-refractivity contribution in [3.63, 3.8) is 0 Å². The van der Waals surface area contributed by atoms with Gasteiger partial charge in [-0.05, 0) is 43.9 Å². The molecule has 0 radical (unpaired) electrons. The van der Waals surface area contributed by atoms with Crippen molar-refractivity contribution in [2.45, 2.75) is 90.9 Å². The molecule has 1 heterocycles. The summed E-state index contributed by atoms with van der Waals surface area (Å²) in [5.74, 6) is 1.84. The first-order chi connectivity index (χ1) is 16.8. The van der Waals surface area contributed by atoms with Gasteiger partial charge in [0.25, 0.3) is 0 Å². The molecule has 1 aromatic heterocycles. The number of ether oxygens (including phenoxy) is 3. The summed E-state index contributed by atoms with van der Waals surface area (Å²) in [7, 11) is 0. The van der Waals surface area contributed by atoms with Gasteiger partial charge in [-0.15, -0.1) is 0 Å². The number of unbranched alkanes of at least 4 members (excludes halogenated alkanes) is 9. The van der Waals surface area contributed by atoms with Crippen LogP contribution in [0, 0.1) is 0 Å². The highest BCUT2D eigenvalue weighted by Crippen LogP contribution is 2.22. The predicted molar refractivity (Wildman–Crippen MR) is 140 cm³/mol. The number of nitrogens with zero attached hydrogens (tertiary/aromatic N) is 2. The van der Waals surface area contributed by atoms with E-state index in [0.29, 0.717) is 13.2 Å². The molecular formula is C29H46N2O3. The third-order valence-electron chi connectivity index (χ3n) is 5.92. The fourth-order valence-electron chi connectivity index (χ4n) is 3.83. The summed E-state index contributed by atoms with van der Waals surface area (Å²) in [5, 5.41) is 0. The number of aromatic nitrogens is 2. The van der Waals surface area contributed by atoms with E-state index in [2.05, 4.69) is 29.0 Å². The normalized spacial score (nSPS) is 11.1. The number of benzene rings is 1. The highest BCUT2D eigenvalue weighted by Gasteiger charge is 2.03. The minimum absolute atomic E-state index is 0.685. The number of hydrogen-bond acceptors (Lipinski definition) is 5. The average molecular weight is 471 g/mol. The summed E-state index contributed by atoms with van der Waals surface area (Å²) < 4.78 is 16.7. The summed E-state index contributed by atoms with van der Waals surface area (Å²) >= 11 is 0. The average Bonchev–Trinajstić information content (AvgIpc) is 2.87. The highest BCUT2D eigenvalue weighted by molar-refractivity contribution is 5.62. The summed E-state index contributed by atoms with van der Waals surface area (Å²) in [4.78, 5) is 9.11. The van der Waals surface area contributed by atoms with Gasteiger partial charge in [0.1, 0.15) is 11.6 Å². The van der Waals surface area contributed by atoms with Gasteiger partial charge in [-0.3, -0.25) is 0 Å². The first-order valence-corrected chi connectivity index (χ1v) is 13.5. The summed E-state index contributed by atoms with van der Waals surface area (Å²) in [6, 6.07) is 8.27. The van der Waals surface area contributed by atoms with E-state index < -0.39 is 0 Å². The molecule has 0 atom stereocenters. The molecule has 1 aromatic carbocycles. The van der Waals surface area contributed by atoms with E-state index in [0.717, 1.165) is 74.6 Å². The van der Waals surface area contributed by atoms with Crippen LogP contribution in [-0.4, -0.2) is 43.0 Å². The minimum Gasteiger partial charge on any atom is -0.494 e. The first-order valence-electron chi connectivity index (χ1n) is 13.5. The number of aryl methyl sites for hydroxylation is 1. The minimum atomic E-state index is 0.685. The van der Waals surface area contributed by atoms with E-state index >= 15 is 0 Å². The van der Waals surface area contributed by atoms with Crippen molar-refractivity contribution in [3.8, 4) is 16.9 Å². The van der Waals surface area contributed by atoms with Gasteiger partial charge >= 0.3 is 0 Å². The van der Waals surface area contributed by atoms with Crippen LogP contribution in [0.1, 0.15) is 90.3 Å². The van der Waals surface area contributed by atoms with Gasteiger partial charge in [-0.1, -0.05) is 70.4 Å². The van der Waals surface area contributed by atoms with E-state index in [1.807, 2.05) is 31.5 Å². The molecule has 0 fully saturated rings. The van der Waals surface area contributed by atoms with Crippen LogP contribution >= 0.6 is 0 Å². The quantitative estimate of drug-likeness (QED) is 0.178. The Morgan fingerprint density at radius 2 is 1.21 bits per heavy atom. The molecule has 0 saturated heterocycles. The largest absolute Gasteiger partial charge is 0.494 e. The van der Waals surface area contributed by atoms with Crippen LogP contribution in [0.2, 0.25) is 0 Å². The fourth-order valence-corrected chi connectivity index (χ4v) is 3.83. The maximum atomic E-state index is 5.91. The molecule has 2 aromatic rings. The molecule has 5 heteroatoms. The topological polar surface area (TPSA) is 53.5 Å². The highest BCUT2D eigenvalue weighted by atomic mass is 16.5. The van der Waals surface area contributed by atoms with Crippen molar-refractivity contribution in [1.82, 2.24) is 9.97 Å². The second-order valence-corrected chi connectivity index (χ2v) is 8.86. The van der Waals surface area contributed by atoms with E-state index in [4.69, 9.17) is 14.2 Å². The fraction of sp³-hybridized carbons (Fsp3) is 0.655. The van der Waals surface area contributed by atoms with Gasteiger partial charge in [-0.2, -0.15) is 0 Å². The predicted octanol–water partition coefficient (Wildman–Crippen LogP) is 7.43. The van der Waals surface area contributed by atoms with Crippen LogP contribution in [-0.2, 0) is 15.9 Å². The van der Waals surface area contributed by atoms with Gasteiger partial charge in [0.2, 0.25) is 0 Å². The number of hydrogen-bond donors (Lipinski definition) is 0. The lowest BCUT2D eigenvalue weighted by Crippen LogP contribution is -2.05. The monoisotopic (exact) mass is 470 g/mol. The maximum absolute atomic E-state index is 5.91. The lowest BCUT2D eigenvalue weighted by Gasteiger charge is -2.08. The standard InChI is InChI=1S/C29H46N2O3/c1-3-5-6-7-8-9-10-14-21-34-28-18-16-26(17-19-28)27-24-30-29(31-25-27)15-12-11-13-20-33-23-22-32-4-2/h16-19,24-25H,3-15,20-23H2,1-2H3. The molecule has 0 aliphatic rings. The van der Waals surface area contributed by atoms with Gasteiger partial charge in [0.05, 0.1) is 19.8 Å². The molecule has 0 saturated carbocycles. The molecule has 5 nitrogen and oxygen atoms in total. The zero-order valence-corrected chi connectivity index (χ0v) is 21.6. The lowest BCUT2D eigenvalue weighted by atomic mass is 10.1.